The maximum Gasteiger partial charge on any atom is 0.220 e. The van der Waals surface area contributed by atoms with E-state index in [9.17, 15) is 9.90 Å². The number of benzene rings is 1. The lowest BCUT2D eigenvalue weighted by Gasteiger charge is -2.13. The zero-order valence-electron chi connectivity index (χ0n) is 18.8. The monoisotopic (exact) mass is 403 g/mol. The number of carbonyl (C=O) groups excluding carboxylic acids is 1. The smallest absolute Gasteiger partial charge is 0.220 e. The highest BCUT2D eigenvalue weighted by Gasteiger charge is 2.14. The Labute approximate surface area is 179 Å². The van der Waals surface area contributed by atoms with Crippen LogP contribution < -0.4 is 5.73 Å². The minimum absolute atomic E-state index is 0.0267. The van der Waals surface area contributed by atoms with Gasteiger partial charge in [0.25, 0.3) is 0 Å². The van der Waals surface area contributed by atoms with Crippen LogP contribution in [0.4, 0.5) is 0 Å². The first-order chi connectivity index (χ1) is 14.1. The molecule has 3 N–H and O–H groups in total. The van der Waals surface area contributed by atoms with E-state index in [4.69, 9.17) is 5.73 Å². The second kappa shape index (κ2) is 17.4. The van der Waals surface area contributed by atoms with Crippen molar-refractivity contribution in [1.29, 1.82) is 0 Å². The molecule has 0 saturated carbocycles. The number of hydrogen-bond donors (Lipinski definition) is 2. The summed E-state index contributed by atoms with van der Waals surface area (Å²) in [4.78, 5) is 11.7. The molecule has 0 aliphatic heterocycles. The van der Waals surface area contributed by atoms with Crippen molar-refractivity contribution in [2.75, 3.05) is 0 Å². The van der Waals surface area contributed by atoms with Crippen molar-refractivity contribution in [3.8, 4) is 5.75 Å². The van der Waals surface area contributed by atoms with Crippen molar-refractivity contribution >= 4 is 5.91 Å². The Kier molecular flexibility index (Phi) is 15.3. The van der Waals surface area contributed by atoms with E-state index in [0.717, 1.165) is 31.2 Å². The molecule has 166 valence electrons. The molecule has 0 aliphatic rings. The zero-order valence-corrected chi connectivity index (χ0v) is 18.8. The quantitative estimate of drug-likeness (QED) is 0.238. The van der Waals surface area contributed by atoms with Gasteiger partial charge in [0.1, 0.15) is 5.75 Å². The second-order valence-corrected chi connectivity index (χ2v) is 8.69. The third kappa shape index (κ3) is 14.2. The number of rotatable bonds is 19. The predicted octanol–water partition coefficient (Wildman–Crippen LogP) is 7.30. The highest BCUT2D eigenvalue weighted by Crippen LogP contribution is 2.19. The number of primary amides is 1. The molecule has 3 heteroatoms. The first-order valence-corrected chi connectivity index (χ1v) is 12.2. The van der Waals surface area contributed by atoms with Gasteiger partial charge < -0.3 is 10.8 Å². The number of nitrogens with two attached hydrogens (primary N) is 1. The fourth-order valence-corrected chi connectivity index (χ4v) is 4.02. The predicted molar refractivity (Wildman–Crippen MR) is 124 cm³/mol. The first kappa shape index (κ1) is 25.5. The number of carbonyl (C=O) groups is 1. The number of aromatic hydroxyl groups is 1. The number of aryl methyl sites for hydroxylation is 1. The van der Waals surface area contributed by atoms with Gasteiger partial charge in [-0.1, -0.05) is 109 Å². The molecule has 0 heterocycles. The van der Waals surface area contributed by atoms with Crippen LogP contribution in [-0.4, -0.2) is 11.0 Å². The minimum atomic E-state index is -0.168. The fourth-order valence-electron chi connectivity index (χ4n) is 4.02. The normalized spacial score (nSPS) is 12.2. The van der Waals surface area contributed by atoms with Crippen LogP contribution >= 0.6 is 0 Å². The van der Waals surface area contributed by atoms with Crippen LogP contribution in [0.3, 0.4) is 0 Å². The van der Waals surface area contributed by atoms with Gasteiger partial charge in [0, 0.05) is 5.92 Å². The van der Waals surface area contributed by atoms with Gasteiger partial charge in [0.2, 0.25) is 5.91 Å². The Morgan fingerprint density at radius 3 is 1.66 bits per heavy atom. The maximum absolute atomic E-state index is 11.7. The summed E-state index contributed by atoms with van der Waals surface area (Å²) >= 11 is 0. The molecule has 1 aromatic carbocycles. The third-order valence-electron chi connectivity index (χ3n) is 6.03. The Balaban J connectivity index is 1.96. The minimum Gasteiger partial charge on any atom is -0.508 e. The van der Waals surface area contributed by atoms with Gasteiger partial charge in [0.05, 0.1) is 0 Å². The highest BCUT2D eigenvalue weighted by molar-refractivity contribution is 5.76. The van der Waals surface area contributed by atoms with Crippen molar-refractivity contribution in [3.63, 3.8) is 0 Å². The van der Waals surface area contributed by atoms with Gasteiger partial charge in [0.15, 0.2) is 0 Å². The largest absolute Gasteiger partial charge is 0.508 e. The Bertz CT molecular complexity index is 512. The summed E-state index contributed by atoms with van der Waals surface area (Å²) in [5, 5.41) is 9.34. The van der Waals surface area contributed by atoms with Gasteiger partial charge in [-0.25, -0.2) is 0 Å². The van der Waals surface area contributed by atoms with E-state index in [1.807, 2.05) is 12.1 Å². The summed E-state index contributed by atoms with van der Waals surface area (Å²) in [6, 6.07) is 7.23. The van der Waals surface area contributed by atoms with Crippen LogP contribution in [0.15, 0.2) is 24.3 Å². The maximum atomic E-state index is 11.7. The molecule has 3 nitrogen and oxygen atoms in total. The van der Waals surface area contributed by atoms with Crippen LogP contribution in [0.25, 0.3) is 0 Å². The molecule has 0 aliphatic carbocycles. The SMILES string of the molecule is CCCCCCCCCCCCCCCCC(CCc1ccc(O)cc1)C(N)=O. The topological polar surface area (TPSA) is 63.3 Å². The highest BCUT2D eigenvalue weighted by atomic mass is 16.3. The number of amides is 1. The molecule has 0 spiro atoms. The molecule has 0 fully saturated rings. The molecule has 29 heavy (non-hydrogen) atoms. The van der Waals surface area contributed by atoms with E-state index >= 15 is 0 Å². The summed E-state index contributed by atoms with van der Waals surface area (Å²) in [5.41, 5.74) is 6.75. The molecule has 1 amide bonds. The van der Waals surface area contributed by atoms with Crippen molar-refractivity contribution in [1.82, 2.24) is 0 Å². The van der Waals surface area contributed by atoms with Gasteiger partial charge >= 0.3 is 0 Å². The lowest BCUT2D eigenvalue weighted by Crippen LogP contribution is -2.23. The van der Waals surface area contributed by atoms with Crippen LogP contribution in [0, 0.1) is 5.92 Å². The van der Waals surface area contributed by atoms with E-state index in [1.54, 1.807) is 12.1 Å². The summed E-state index contributed by atoms with van der Waals surface area (Å²) in [5.74, 6) is 0.0854. The van der Waals surface area contributed by atoms with Gasteiger partial charge in [-0.3, -0.25) is 4.79 Å². The third-order valence-corrected chi connectivity index (χ3v) is 6.03. The lowest BCUT2D eigenvalue weighted by molar-refractivity contribution is -0.122. The van der Waals surface area contributed by atoms with E-state index in [1.165, 1.54) is 83.5 Å². The Hall–Kier alpha value is -1.51. The fraction of sp³-hybridized carbons (Fsp3) is 0.731. The zero-order chi connectivity index (χ0) is 21.2. The van der Waals surface area contributed by atoms with Crippen LogP contribution in [0.1, 0.15) is 115 Å². The molecule has 1 unspecified atom stereocenters. The summed E-state index contributed by atoms with van der Waals surface area (Å²) in [7, 11) is 0. The molecule has 1 atom stereocenters. The summed E-state index contributed by atoms with van der Waals surface area (Å²) in [6.45, 7) is 2.27. The number of hydrogen-bond acceptors (Lipinski definition) is 2. The van der Waals surface area contributed by atoms with Crippen molar-refractivity contribution in [2.45, 2.75) is 116 Å². The van der Waals surface area contributed by atoms with E-state index in [2.05, 4.69) is 6.92 Å². The molecule has 1 aromatic rings. The van der Waals surface area contributed by atoms with E-state index in [-0.39, 0.29) is 17.6 Å². The average Bonchev–Trinajstić information content (AvgIpc) is 2.71. The van der Waals surface area contributed by atoms with Gasteiger partial charge in [-0.15, -0.1) is 0 Å². The van der Waals surface area contributed by atoms with Gasteiger partial charge in [-0.05, 0) is 37.0 Å². The van der Waals surface area contributed by atoms with Gasteiger partial charge in [-0.2, -0.15) is 0 Å². The van der Waals surface area contributed by atoms with Crippen LogP contribution in [0.2, 0.25) is 0 Å². The van der Waals surface area contributed by atoms with Crippen molar-refractivity contribution in [3.05, 3.63) is 29.8 Å². The molecule has 0 aromatic heterocycles. The summed E-state index contributed by atoms with van der Waals surface area (Å²) < 4.78 is 0. The number of phenolic OH excluding ortho intramolecular Hbond substituents is 1. The van der Waals surface area contributed by atoms with Crippen LogP contribution in [-0.2, 0) is 11.2 Å². The molecular formula is C26H45NO2. The Morgan fingerprint density at radius 1 is 0.759 bits per heavy atom. The van der Waals surface area contributed by atoms with Crippen LogP contribution in [0.5, 0.6) is 5.75 Å². The average molecular weight is 404 g/mol. The second-order valence-electron chi connectivity index (χ2n) is 8.69. The number of unbranched alkanes of at least 4 members (excludes halogenated alkanes) is 13. The Morgan fingerprint density at radius 2 is 1.21 bits per heavy atom. The lowest BCUT2D eigenvalue weighted by atomic mass is 9.93. The standard InChI is InChI=1S/C26H45NO2/c1-2-3-4-5-6-7-8-9-10-11-12-13-14-15-16-24(26(27)29)20-17-23-18-21-25(28)22-19-23/h18-19,21-22,24,28H,2-17,20H2,1H3,(H2,27,29). The molecule has 0 saturated heterocycles. The van der Waals surface area contributed by atoms with E-state index in [0.29, 0.717) is 0 Å². The summed E-state index contributed by atoms with van der Waals surface area (Å²) in [6.07, 6.45) is 21.4. The molecule has 1 rings (SSSR count). The van der Waals surface area contributed by atoms with Crippen molar-refractivity contribution in [2.24, 2.45) is 11.7 Å². The number of phenols is 1. The van der Waals surface area contributed by atoms with Crippen molar-refractivity contribution < 1.29 is 9.90 Å². The molecule has 0 radical (unpaired) electrons. The molecule has 0 bridgehead atoms. The first-order valence-electron chi connectivity index (χ1n) is 12.2. The van der Waals surface area contributed by atoms with E-state index < -0.39 is 0 Å². The molecular weight excluding hydrogens is 358 g/mol.